The molecular weight excluding hydrogens is 312 g/mol. The van der Waals surface area contributed by atoms with Crippen LogP contribution in [0.2, 0.25) is 0 Å². The van der Waals surface area contributed by atoms with Gasteiger partial charge >= 0.3 is 0 Å². The van der Waals surface area contributed by atoms with E-state index in [1.165, 1.54) is 16.0 Å². The van der Waals surface area contributed by atoms with E-state index in [2.05, 4.69) is 15.4 Å². The van der Waals surface area contributed by atoms with Crippen LogP contribution in [0.3, 0.4) is 0 Å². The first kappa shape index (κ1) is 15.4. The van der Waals surface area contributed by atoms with Gasteiger partial charge in [0, 0.05) is 18.6 Å². The van der Waals surface area contributed by atoms with Gasteiger partial charge in [0.15, 0.2) is 5.82 Å². The van der Waals surface area contributed by atoms with E-state index < -0.39 is 5.60 Å². The van der Waals surface area contributed by atoms with Crippen molar-refractivity contribution in [2.24, 2.45) is 0 Å². The zero-order valence-electron chi connectivity index (χ0n) is 12.5. The van der Waals surface area contributed by atoms with E-state index in [1.54, 1.807) is 43.7 Å². The molecule has 6 nitrogen and oxygen atoms in total. The maximum Gasteiger partial charge on any atom is 0.255 e. The first-order valence-corrected chi connectivity index (χ1v) is 8.00. The number of amides is 1. The highest BCUT2D eigenvalue weighted by atomic mass is 32.1. The fourth-order valence-corrected chi connectivity index (χ4v) is 2.95. The van der Waals surface area contributed by atoms with Crippen LogP contribution in [0.15, 0.2) is 53.6 Å². The van der Waals surface area contributed by atoms with Gasteiger partial charge in [0.05, 0.1) is 12.1 Å². The largest absolute Gasteiger partial charge is 0.384 e. The summed E-state index contributed by atoms with van der Waals surface area (Å²) in [5.41, 5.74) is 0.0580. The Kier molecular flexibility index (Phi) is 4.22. The standard InChI is InChI=1S/C16H16N4O2S/c1-16(22,12-5-9-23-10-12)11-18-15(21)13-4-2-6-17-14(13)20-8-3-7-19-20/h2-10,22H,11H2,1H3,(H,18,21)/t16-/m1/s1. The highest BCUT2D eigenvalue weighted by Crippen LogP contribution is 2.22. The van der Waals surface area contributed by atoms with Crippen molar-refractivity contribution >= 4 is 17.2 Å². The molecule has 0 aliphatic heterocycles. The maximum atomic E-state index is 12.5. The number of rotatable bonds is 5. The fourth-order valence-electron chi connectivity index (χ4n) is 2.17. The molecule has 0 spiro atoms. The fraction of sp³-hybridized carbons (Fsp3) is 0.188. The van der Waals surface area contributed by atoms with Gasteiger partial charge in [-0.05, 0) is 47.5 Å². The molecule has 118 valence electrons. The maximum absolute atomic E-state index is 12.5. The molecule has 7 heteroatoms. The lowest BCUT2D eigenvalue weighted by Crippen LogP contribution is -2.38. The van der Waals surface area contributed by atoms with Gasteiger partial charge in [0.25, 0.3) is 5.91 Å². The van der Waals surface area contributed by atoms with Crippen molar-refractivity contribution in [2.45, 2.75) is 12.5 Å². The monoisotopic (exact) mass is 328 g/mol. The molecular formula is C16H16N4O2S. The molecule has 0 unspecified atom stereocenters. The van der Waals surface area contributed by atoms with Crippen molar-refractivity contribution in [1.82, 2.24) is 20.1 Å². The number of thiophene rings is 1. The molecule has 1 atom stereocenters. The van der Waals surface area contributed by atoms with E-state index >= 15 is 0 Å². The Morgan fingerprint density at radius 1 is 1.39 bits per heavy atom. The van der Waals surface area contributed by atoms with Gasteiger partial charge in [-0.15, -0.1) is 0 Å². The quantitative estimate of drug-likeness (QED) is 0.750. The van der Waals surface area contributed by atoms with Crippen LogP contribution in [0, 0.1) is 0 Å². The van der Waals surface area contributed by atoms with Crippen LogP contribution in [-0.4, -0.2) is 32.3 Å². The normalized spacial score (nSPS) is 13.5. The average molecular weight is 328 g/mol. The Bertz CT molecular complexity index is 782. The van der Waals surface area contributed by atoms with Crippen molar-refractivity contribution in [3.63, 3.8) is 0 Å². The number of carbonyl (C=O) groups excluding carboxylic acids is 1. The number of pyridine rings is 1. The number of nitrogens with zero attached hydrogens (tertiary/aromatic N) is 3. The number of carbonyl (C=O) groups is 1. The van der Waals surface area contributed by atoms with Crippen LogP contribution in [0.25, 0.3) is 5.82 Å². The summed E-state index contributed by atoms with van der Waals surface area (Å²) in [6, 6.07) is 6.98. The van der Waals surface area contributed by atoms with Crippen LogP contribution in [-0.2, 0) is 5.60 Å². The second kappa shape index (κ2) is 6.31. The van der Waals surface area contributed by atoms with E-state index in [0.717, 1.165) is 5.56 Å². The third-order valence-corrected chi connectivity index (χ3v) is 4.17. The Morgan fingerprint density at radius 2 is 2.26 bits per heavy atom. The van der Waals surface area contributed by atoms with E-state index in [4.69, 9.17) is 0 Å². The molecule has 0 fully saturated rings. The number of aliphatic hydroxyl groups is 1. The van der Waals surface area contributed by atoms with Crippen molar-refractivity contribution in [1.29, 1.82) is 0 Å². The molecule has 0 saturated heterocycles. The summed E-state index contributed by atoms with van der Waals surface area (Å²) in [6.45, 7) is 1.78. The molecule has 0 bridgehead atoms. The summed E-state index contributed by atoms with van der Waals surface area (Å²) < 4.78 is 1.53. The molecule has 2 N–H and O–H groups in total. The molecule has 23 heavy (non-hydrogen) atoms. The minimum absolute atomic E-state index is 0.107. The molecule has 0 aromatic carbocycles. The van der Waals surface area contributed by atoms with Gasteiger partial charge in [-0.1, -0.05) is 0 Å². The minimum atomic E-state index is -1.12. The second-order valence-electron chi connectivity index (χ2n) is 5.29. The first-order chi connectivity index (χ1) is 11.1. The van der Waals surface area contributed by atoms with Crippen molar-refractivity contribution in [3.8, 4) is 5.82 Å². The smallest absolute Gasteiger partial charge is 0.255 e. The third-order valence-electron chi connectivity index (χ3n) is 3.49. The molecule has 0 radical (unpaired) electrons. The van der Waals surface area contributed by atoms with Gasteiger partial charge in [0.2, 0.25) is 0 Å². The summed E-state index contributed by atoms with van der Waals surface area (Å²) in [6.07, 6.45) is 4.95. The van der Waals surface area contributed by atoms with E-state index in [1.807, 2.05) is 16.8 Å². The number of aromatic nitrogens is 3. The van der Waals surface area contributed by atoms with Crippen LogP contribution in [0.5, 0.6) is 0 Å². The summed E-state index contributed by atoms with van der Waals surface area (Å²) in [4.78, 5) is 16.7. The minimum Gasteiger partial charge on any atom is -0.384 e. The van der Waals surface area contributed by atoms with Crippen LogP contribution in [0.4, 0.5) is 0 Å². The summed E-state index contributed by atoms with van der Waals surface area (Å²) in [7, 11) is 0. The Labute approximate surface area is 137 Å². The Hall–Kier alpha value is -2.51. The number of hydrogen-bond acceptors (Lipinski definition) is 5. The predicted octanol–water partition coefficient (Wildman–Crippen LogP) is 1.97. The number of hydrogen-bond donors (Lipinski definition) is 2. The van der Waals surface area contributed by atoms with Crippen LogP contribution in [0.1, 0.15) is 22.8 Å². The van der Waals surface area contributed by atoms with E-state index in [-0.39, 0.29) is 12.5 Å². The summed E-state index contributed by atoms with van der Waals surface area (Å²) in [5, 5.41) is 21.1. The Morgan fingerprint density at radius 3 is 2.96 bits per heavy atom. The molecule has 1 amide bonds. The van der Waals surface area contributed by atoms with Crippen molar-refractivity contribution in [2.75, 3.05) is 6.54 Å². The molecule has 3 aromatic rings. The van der Waals surface area contributed by atoms with Gasteiger partial charge in [-0.2, -0.15) is 16.4 Å². The molecule has 3 aromatic heterocycles. The lowest BCUT2D eigenvalue weighted by Gasteiger charge is -2.23. The van der Waals surface area contributed by atoms with Crippen molar-refractivity contribution < 1.29 is 9.90 Å². The second-order valence-corrected chi connectivity index (χ2v) is 6.07. The molecule has 0 aliphatic carbocycles. The summed E-state index contributed by atoms with van der Waals surface area (Å²) in [5.74, 6) is 0.143. The highest BCUT2D eigenvalue weighted by Gasteiger charge is 2.25. The highest BCUT2D eigenvalue weighted by molar-refractivity contribution is 7.08. The lowest BCUT2D eigenvalue weighted by atomic mass is 9.99. The average Bonchev–Trinajstić information content (AvgIpc) is 3.25. The first-order valence-electron chi connectivity index (χ1n) is 7.06. The zero-order valence-corrected chi connectivity index (χ0v) is 13.3. The molecule has 0 saturated carbocycles. The molecule has 0 aliphatic rings. The molecule has 3 heterocycles. The number of nitrogens with one attached hydrogen (secondary N) is 1. The predicted molar refractivity (Wildman–Crippen MR) is 87.6 cm³/mol. The SMILES string of the molecule is C[C@@](O)(CNC(=O)c1cccnc1-n1cccn1)c1ccsc1. The Balaban J connectivity index is 1.77. The molecule has 3 rings (SSSR count). The van der Waals surface area contributed by atoms with Gasteiger partial charge in [-0.25, -0.2) is 9.67 Å². The van der Waals surface area contributed by atoms with Crippen LogP contribution >= 0.6 is 11.3 Å². The topological polar surface area (TPSA) is 80.0 Å². The summed E-state index contributed by atoms with van der Waals surface area (Å²) >= 11 is 1.50. The van der Waals surface area contributed by atoms with Gasteiger partial charge in [0.1, 0.15) is 5.60 Å². The van der Waals surface area contributed by atoms with Gasteiger partial charge < -0.3 is 10.4 Å². The van der Waals surface area contributed by atoms with Crippen LogP contribution < -0.4 is 5.32 Å². The van der Waals surface area contributed by atoms with E-state index in [0.29, 0.717) is 11.4 Å². The lowest BCUT2D eigenvalue weighted by molar-refractivity contribution is 0.0530. The van der Waals surface area contributed by atoms with Crippen molar-refractivity contribution in [3.05, 3.63) is 64.7 Å². The zero-order chi connectivity index (χ0) is 16.3. The van der Waals surface area contributed by atoms with Gasteiger partial charge in [-0.3, -0.25) is 4.79 Å². The van der Waals surface area contributed by atoms with E-state index in [9.17, 15) is 9.90 Å². The third kappa shape index (κ3) is 3.30.